The van der Waals surface area contributed by atoms with E-state index in [2.05, 4.69) is 41.6 Å². The van der Waals surface area contributed by atoms with Crippen LogP contribution >= 0.6 is 11.3 Å². The maximum Gasteiger partial charge on any atom is 0.241 e. The number of nitrogens with zero attached hydrogens (tertiary/aromatic N) is 1. The van der Waals surface area contributed by atoms with Gasteiger partial charge in [-0.2, -0.15) is 0 Å². The molecule has 0 aromatic carbocycles. The van der Waals surface area contributed by atoms with Gasteiger partial charge in [-0.25, -0.2) is 0 Å². The molecule has 20 heavy (non-hydrogen) atoms. The molecule has 1 aliphatic heterocycles. The van der Waals surface area contributed by atoms with Gasteiger partial charge in [-0.15, -0.1) is 11.3 Å². The van der Waals surface area contributed by atoms with E-state index in [0.29, 0.717) is 11.8 Å². The maximum absolute atomic E-state index is 12.8. The van der Waals surface area contributed by atoms with Crippen LogP contribution in [0.2, 0.25) is 0 Å². The Labute approximate surface area is 125 Å². The Hall–Kier alpha value is -0.870. The molecule has 1 saturated heterocycles. The van der Waals surface area contributed by atoms with E-state index in [9.17, 15) is 4.79 Å². The predicted octanol–water partition coefficient (Wildman–Crippen LogP) is 3.39. The van der Waals surface area contributed by atoms with Gasteiger partial charge in [-0.3, -0.25) is 10.1 Å². The van der Waals surface area contributed by atoms with E-state index < -0.39 is 0 Å². The zero-order valence-corrected chi connectivity index (χ0v) is 13.2. The lowest BCUT2D eigenvalue weighted by Gasteiger charge is -2.32. The predicted molar refractivity (Wildman–Crippen MR) is 82.5 cm³/mol. The molecule has 1 aliphatic carbocycles. The molecule has 3 nitrogen and oxygen atoms in total. The van der Waals surface area contributed by atoms with Crippen LogP contribution in [0, 0.1) is 11.8 Å². The second kappa shape index (κ2) is 5.86. The van der Waals surface area contributed by atoms with Crippen molar-refractivity contribution in [2.45, 2.75) is 51.7 Å². The minimum Gasteiger partial charge on any atom is -0.320 e. The molecule has 3 atom stereocenters. The summed E-state index contributed by atoms with van der Waals surface area (Å²) in [6.45, 7) is 5.27. The summed E-state index contributed by atoms with van der Waals surface area (Å²) in [5.41, 5.74) is 0. The number of carbonyl (C=O) groups excluding carboxylic acids is 1. The Kier molecular flexibility index (Phi) is 4.13. The van der Waals surface area contributed by atoms with Gasteiger partial charge in [0.1, 0.15) is 6.17 Å². The van der Waals surface area contributed by atoms with Gasteiger partial charge in [-0.05, 0) is 36.1 Å². The van der Waals surface area contributed by atoms with Crippen molar-refractivity contribution in [1.82, 2.24) is 10.2 Å². The molecule has 1 saturated carbocycles. The summed E-state index contributed by atoms with van der Waals surface area (Å²) in [4.78, 5) is 16.1. The van der Waals surface area contributed by atoms with Crippen molar-refractivity contribution in [2.24, 2.45) is 11.8 Å². The van der Waals surface area contributed by atoms with Crippen molar-refractivity contribution in [2.75, 3.05) is 6.54 Å². The first-order valence-electron chi connectivity index (χ1n) is 7.80. The van der Waals surface area contributed by atoms with Crippen molar-refractivity contribution in [1.29, 1.82) is 0 Å². The average Bonchev–Trinajstić information content (AvgIpc) is 3.01. The number of carbonyl (C=O) groups is 1. The lowest BCUT2D eigenvalue weighted by molar-refractivity contribution is -0.131. The quantitative estimate of drug-likeness (QED) is 0.902. The van der Waals surface area contributed by atoms with Crippen molar-refractivity contribution >= 4 is 17.2 Å². The Bertz CT molecular complexity index is 455. The van der Waals surface area contributed by atoms with E-state index in [1.165, 1.54) is 24.1 Å². The summed E-state index contributed by atoms with van der Waals surface area (Å²) in [5, 5.41) is 5.68. The summed E-state index contributed by atoms with van der Waals surface area (Å²) in [6.07, 6.45) is 5.04. The molecule has 1 N–H and O–H groups in total. The van der Waals surface area contributed by atoms with E-state index in [1.807, 2.05) is 0 Å². The van der Waals surface area contributed by atoms with Crippen LogP contribution in [0.1, 0.15) is 50.6 Å². The molecule has 2 fully saturated rings. The summed E-state index contributed by atoms with van der Waals surface area (Å²) in [5.74, 6) is 1.43. The van der Waals surface area contributed by atoms with Crippen LogP contribution in [0.25, 0.3) is 0 Å². The highest BCUT2D eigenvalue weighted by Gasteiger charge is 2.43. The molecule has 2 aliphatic rings. The van der Waals surface area contributed by atoms with Gasteiger partial charge in [-0.1, -0.05) is 32.8 Å². The van der Waals surface area contributed by atoms with E-state index in [-0.39, 0.29) is 12.2 Å². The lowest BCUT2D eigenvalue weighted by Crippen LogP contribution is -2.38. The molecule has 4 heteroatoms. The topological polar surface area (TPSA) is 32.3 Å². The third kappa shape index (κ3) is 2.51. The van der Waals surface area contributed by atoms with Gasteiger partial charge >= 0.3 is 0 Å². The first-order valence-corrected chi connectivity index (χ1v) is 8.68. The van der Waals surface area contributed by atoms with Gasteiger partial charge < -0.3 is 4.90 Å². The number of hydrogen-bond acceptors (Lipinski definition) is 3. The first-order chi connectivity index (χ1) is 9.70. The minimum atomic E-state index is -0.00724. The normalized spacial score (nSPS) is 28.7. The van der Waals surface area contributed by atoms with Crippen LogP contribution in [-0.4, -0.2) is 23.4 Å². The van der Waals surface area contributed by atoms with E-state index in [4.69, 9.17) is 0 Å². The fraction of sp³-hybridized carbons (Fsp3) is 0.688. The molecule has 3 unspecified atom stereocenters. The molecule has 1 aromatic rings. The smallest absolute Gasteiger partial charge is 0.241 e. The summed E-state index contributed by atoms with van der Waals surface area (Å²) < 4.78 is 0. The fourth-order valence-corrected chi connectivity index (χ4v) is 3.91. The number of thiophene rings is 1. The molecule has 0 spiro atoms. The number of hydrogen-bond donors (Lipinski definition) is 1. The van der Waals surface area contributed by atoms with E-state index in [1.54, 1.807) is 11.3 Å². The van der Waals surface area contributed by atoms with E-state index >= 15 is 0 Å². The van der Waals surface area contributed by atoms with Crippen LogP contribution in [0.4, 0.5) is 0 Å². The number of nitrogens with one attached hydrogen (secondary N) is 1. The fourth-order valence-electron chi connectivity index (χ4n) is 3.11. The Morgan fingerprint density at radius 3 is 2.85 bits per heavy atom. The Morgan fingerprint density at radius 1 is 1.50 bits per heavy atom. The standard InChI is InChI=1S/C16H24N2OS/c1-3-11(2)14-16(19)18(10-12-6-4-7-12)15(17-14)13-8-5-9-20-13/h5,8-9,11-12,14-15,17H,3-4,6-7,10H2,1-2H3. The third-order valence-electron chi connectivity index (χ3n) is 4.90. The molecular formula is C16H24N2OS. The molecule has 0 radical (unpaired) electrons. The van der Waals surface area contributed by atoms with E-state index in [0.717, 1.165) is 18.9 Å². The van der Waals surface area contributed by atoms with Crippen molar-refractivity contribution in [3.05, 3.63) is 22.4 Å². The van der Waals surface area contributed by atoms with Gasteiger partial charge in [0.2, 0.25) is 5.91 Å². The van der Waals surface area contributed by atoms with Crippen LogP contribution in [0.5, 0.6) is 0 Å². The number of amides is 1. The molecule has 3 rings (SSSR count). The summed E-state index contributed by atoms with van der Waals surface area (Å²) >= 11 is 1.74. The monoisotopic (exact) mass is 292 g/mol. The Morgan fingerprint density at radius 2 is 2.30 bits per heavy atom. The maximum atomic E-state index is 12.8. The van der Waals surface area contributed by atoms with Gasteiger partial charge in [0.15, 0.2) is 0 Å². The van der Waals surface area contributed by atoms with Gasteiger partial charge in [0, 0.05) is 11.4 Å². The van der Waals surface area contributed by atoms with Crippen LogP contribution < -0.4 is 5.32 Å². The van der Waals surface area contributed by atoms with Crippen molar-refractivity contribution in [3.8, 4) is 0 Å². The van der Waals surface area contributed by atoms with Crippen LogP contribution in [-0.2, 0) is 4.79 Å². The minimum absolute atomic E-state index is 0.00724. The highest BCUT2D eigenvalue weighted by Crippen LogP contribution is 2.35. The first kappa shape index (κ1) is 14.1. The molecule has 1 amide bonds. The largest absolute Gasteiger partial charge is 0.320 e. The molecule has 2 heterocycles. The summed E-state index contributed by atoms with van der Waals surface area (Å²) in [7, 11) is 0. The molecule has 110 valence electrons. The van der Waals surface area contributed by atoms with Crippen molar-refractivity contribution in [3.63, 3.8) is 0 Å². The van der Waals surface area contributed by atoms with Crippen molar-refractivity contribution < 1.29 is 4.79 Å². The Balaban J connectivity index is 1.79. The summed E-state index contributed by atoms with van der Waals surface area (Å²) in [6, 6.07) is 4.21. The average molecular weight is 292 g/mol. The van der Waals surface area contributed by atoms with Gasteiger partial charge in [0.25, 0.3) is 0 Å². The van der Waals surface area contributed by atoms with Crippen LogP contribution in [0.3, 0.4) is 0 Å². The van der Waals surface area contributed by atoms with Crippen LogP contribution in [0.15, 0.2) is 17.5 Å². The molecule has 1 aromatic heterocycles. The zero-order valence-electron chi connectivity index (χ0n) is 12.3. The highest BCUT2D eigenvalue weighted by molar-refractivity contribution is 7.10. The lowest BCUT2D eigenvalue weighted by atomic mass is 9.85. The number of rotatable bonds is 5. The van der Waals surface area contributed by atoms with Gasteiger partial charge in [0.05, 0.1) is 6.04 Å². The SMILES string of the molecule is CCC(C)C1NC(c2cccs2)N(CC2CCC2)C1=O. The second-order valence-corrected chi connectivity index (χ2v) is 7.21. The molecule has 0 bridgehead atoms. The zero-order chi connectivity index (χ0) is 14.1. The third-order valence-corrected chi connectivity index (χ3v) is 5.83. The highest BCUT2D eigenvalue weighted by atomic mass is 32.1. The molecular weight excluding hydrogens is 268 g/mol. The second-order valence-electron chi connectivity index (χ2n) is 6.24.